The van der Waals surface area contributed by atoms with Gasteiger partial charge in [0.1, 0.15) is 0 Å². The lowest BCUT2D eigenvalue weighted by Gasteiger charge is -2.35. The van der Waals surface area contributed by atoms with Crippen molar-refractivity contribution in [1.29, 1.82) is 0 Å². The van der Waals surface area contributed by atoms with Crippen LogP contribution >= 0.6 is 0 Å². The van der Waals surface area contributed by atoms with Crippen LogP contribution in [0.3, 0.4) is 0 Å². The van der Waals surface area contributed by atoms with Crippen molar-refractivity contribution in [3.05, 3.63) is 48.3 Å². The minimum Gasteiger partial charge on any atom is -0.331 e. The van der Waals surface area contributed by atoms with Crippen LogP contribution in [0.25, 0.3) is 0 Å². The fraction of sp³-hybridized carbons (Fsp3) is 0.400. The zero-order valence-electron chi connectivity index (χ0n) is 12.3. The summed E-state index contributed by atoms with van der Waals surface area (Å²) >= 11 is 0. The minimum atomic E-state index is 0.0271. The summed E-state index contributed by atoms with van der Waals surface area (Å²) < 4.78 is 2.17. The molecule has 6 heteroatoms. The molecular formula is C15H19N5O. The van der Waals surface area contributed by atoms with Crippen molar-refractivity contribution in [1.82, 2.24) is 24.3 Å². The topological polar surface area (TPSA) is 54.3 Å². The number of nitrogens with zero attached hydrogens (tertiary/aromatic N) is 5. The van der Waals surface area contributed by atoms with E-state index in [-0.39, 0.29) is 11.9 Å². The van der Waals surface area contributed by atoms with Gasteiger partial charge in [-0.2, -0.15) is 0 Å². The molecular weight excluding hydrogens is 266 g/mol. The van der Waals surface area contributed by atoms with Gasteiger partial charge in [0, 0.05) is 31.7 Å². The van der Waals surface area contributed by atoms with Crippen LogP contribution in [0.1, 0.15) is 22.1 Å². The van der Waals surface area contributed by atoms with Crippen molar-refractivity contribution >= 4 is 5.91 Å². The van der Waals surface area contributed by atoms with E-state index >= 15 is 0 Å². The number of hydrogen-bond acceptors (Lipinski definition) is 4. The van der Waals surface area contributed by atoms with Crippen molar-refractivity contribution in [3.63, 3.8) is 0 Å². The zero-order chi connectivity index (χ0) is 14.8. The predicted octanol–water partition coefficient (Wildman–Crippen LogP) is 1.04. The molecule has 0 saturated carbocycles. The second-order valence-corrected chi connectivity index (χ2v) is 5.64. The number of carbonyl (C=O) groups excluding carboxylic acids is 1. The van der Waals surface area contributed by atoms with Gasteiger partial charge in [-0.05, 0) is 26.2 Å². The third-order valence-corrected chi connectivity index (χ3v) is 3.70. The van der Waals surface area contributed by atoms with E-state index < -0.39 is 0 Å². The molecule has 0 spiro atoms. The standard InChI is InChI=1S/C15H19N5O/c1-18(2)8-14-10-19(9-13-7-17-11-20(13)14)15(21)12-4-3-5-16-6-12/h3-7,11,14H,8-10H2,1-2H3/t14-/m1/s1. The van der Waals surface area contributed by atoms with E-state index in [4.69, 9.17) is 0 Å². The lowest BCUT2D eigenvalue weighted by Crippen LogP contribution is -2.43. The average molecular weight is 285 g/mol. The van der Waals surface area contributed by atoms with Gasteiger partial charge < -0.3 is 14.4 Å². The molecule has 0 radical (unpaired) electrons. The maximum atomic E-state index is 12.6. The maximum Gasteiger partial charge on any atom is 0.255 e. The Balaban J connectivity index is 1.84. The first kappa shape index (κ1) is 13.8. The molecule has 6 nitrogen and oxygen atoms in total. The number of pyridine rings is 1. The van der Waals surface area contributed by atoms with Crippen molar-refractivity contribution in [2.75, 3.05) is 27.2 Å². The molecule has 21 heavy (non-hydrogen) atoms. The van der Waals surface area contributed by atoms with Crippen molar-refractivity contribution < 1.29 is 4.79 Å². The molecule has 0 N–H and O–H groups in total. The maximum absolute atomic E-state index is 12.6. The number of likely N-dealkylation sites (N-methyl/N-ethyl adjacent to an activating group) is 1. The van der Waals surface area contributed by atoms with Crippen LogP contribution in [0.15, 0.2) is 37.1 Å². The zero-order valence-corrected chi connectivity index (χ0v) is 12.3. The Morgan fingerprint density at radius 1 is 1.38 bits per heavy atom. The highest BCUT2D eigenvalue weighted by atomic mass is 16.2. The molecule has 1 atom stereocenters. The third-order valence-electron chi connectivity index (χ3n) is 3.70. The van der Waals surface area contributed by atoms with Crippen LogP contribution in [0.2, 0.25) is 0 Å². The molecule has 1 aliphatic rings. The van der Waals surface area contributed by atoms with Gasteiger partial charge >= 0.3 is 0 Å². The van der Waals surface area contributed by atoms with E-state index in [1.807, 2.05) is 37.6 Å². The van der Waals surface area contributed by atoms with Crippen molar-refractivity contribution in [2.45, 2.75) is 12.6 Å². The van der Waals surface area contributed by atoms with E-state index in [0.29, 0.717) is 18.7 Å². The predicted molar refractivity (Wildman–Crippen MR) is 78.8 cm³/mol. The Hall–Kier alpha value is -2.21. The Morgan fingerprint density at radius 2 is 2.24 bits per heavy atom. The van der Waals surface area contributed by atoms with Gasteiger partial charge in [0.05, 0.1) is 30.2 Å². The van der Waals surface area contributed by atoms with Gasteiger partial charge in [-0.1, -0.05) is 0 Å². The molecule has 0 fully saturated rings. The van der Waals surface area contributed by atoms with E-state index in [1.54, 1.807) is 18.5 Å². The number of fused-ring (bicyclic) bond motifs is 1. The smallest absolute Gasteiger partial charge is 0.255 e. The van der Waals surface area contributed by atoms with E-state index in [2.05, 4.69) is 19.4 Å². The van der Waals surface area contributed by atoms with Gasteiger partial charge in [0.15, 0.2) is 0 Å². The average Bonchev–Trinajstić information content (AvgIpc) is 2.95. The summed E-state index contributed by atoms with van der Waals surface area (Å²) in [6.45, 7) is 2.16. The van der Waals surface area contributed by atoms with Crippen LogP contribution in [0, 0.1) is 0 Å². The molecule has 1 amide bonds. The molecule has 0 aromatic carbocycles. The highest BCUT2D eigenvalue weighted by Gasteiger charge is 2.28. The normalized spacial score (nSPS) is 17.9. The SMILES string of the molecule is CN(C)C[C@@H]1CN(C(=O)c2cccnc2)Cc2cncn21. The third kappa shape index (κ3) is 2.80. The summed E-state index contributed by atoms with van der Waals surface area (Å²) in [5.41, 5.74) is 1.71. The molecule has 110 valence electrons. The highest BCUT2D eigenvalue weighted by Crippen LogP contribution is 2.22. The molecule has 0 aliphatic carbocycles. The monoisotopic (exact) mass is 285 g/mol. The van der Waals surface area contributed by atoms with Gasteiger partial charge in [0.25, 0.3) is 5.91 Å². The first-order valence-corrected chi connectivity index (χ1v) is 7.00. The summed E-state index contributed by atoms with van der Waals surface area (Å²) in [5, 5.41) is 0. The second-order valence-electron chi connectivity index (χ2n) is 5.64. The summed E-state index contributed by atoms with van der Waals surface area (Å²) in [5.74, 6) is 0.0271. The molecule has 0 unspecified atom stereocenters. The molecule has 0 bridgehead atoms. The van der Waals surface area contributed by atoms with E-state index in [1.165, 1.54) is 0 Å². The van der Waals surface area contributed by atoms with E-state index in [9.17, 15) is 4.79 Å². The van der Waals surface area contributed by atoms with Gasteiger partial charge in [-0.3, -0.25) is 9.78 Å². The Kier molecular flexibility index (Phi) is 3.70. The van der Waals surface area contributed by atoms with Crippen LogP contribution in [-0.2, 0) is 6.54 Å². The number of hydrogen-bond donors (Lipinski definition) is 0. The highest BCUT2D eigenvalue weighted by molar-refractivity contribution is 5.93. The first-order valence-electron chi connectivity index (χ1n) is 7.00. The number of carbonyl (C=O) groups is 1. The summed E-state index contributed by atoms with van der Waals surface area (Å²) in [7, 11) is 4.08. The Bertz CT molecular complexity index is 622. The summed E-state index contributed by atoms with van der Waals surface area (Å²) in [6, 6.07) is 3.83. The Morgan fingerprint density at radius 3 is 2.95 bits per heavy atom. The lowest BCUT2D eigenvalue weighted by molar-refractivity contribution is 0.0663. The van der Waals surface area contributed by atoms with Crippen LogP contribution in [0.4, 0.5) is 0 Å². The fourth-order valence-electron chi connectivity index (χ4n) is 2.78. The van der Waals surface area contributed by atoms with Gasteiger partial charge in [-0.25, -0.2) is 4.98 Å². The molecule has 0 saturated heterocycles. The molecule has 2 aromatic heterocycles. The number of aromatic nitrogens is 3. The number of amides is 1. The van der Waals surface area contributed by atoms with Crippen molar-refractivity contribution in [2.24, 2.45) is 0 Å². The van der Waals surface area contributed by atoms with Crippen LogP contribution in [0.5, 0.6) is 0 Å². The molecule has 1 aliphatic heterocycles. The minimum absolute atomic E-state index is 0.0271. The summed E-state index contributed by atoms with van der Waals surface area (Å²) in [6.07, 6.45) is 6.99. The van der Waals surface area contributed by atoms with Gasteiger partial charge in [-0.15, -0.1) is 0 Å². The summed E-state index contributed by atoms with van der Waals surface area (Å²) in [4.78, 5) is 24.9. The lowest BCUT2D eigenvalue weighted by atomic mass is 10.1. The molecule has 3 heterocycles. The largest absolute Gasteiger partial charge is 0.331 e. The second kappa shape index (κ2) is 5.65. The van der Waals surface area contributed by atoms with E-state index in [0.717, 1.165) is 12.2 Å². The Labute approximate surface area is 124 Å². The number of imidazole rings is 1. The number of rotatable bonds is 3. The van der Waals surface area contributed by atoms with Crippen LogP contribution < -0.4 is 0 Å². The fourth-order valence-corrected chi connectivity index (χ4v) is 2.78. The quantitative estimate of drug-likeness (QED) is 0.845. The molecule has 2 aromatic rings. The van der Waals surface area contributed by atoms with Crippen LogP contribution in [-0.4, -0.2) is 57.4 Å². The molecule has 3 rings (SSSR count). The first-order chi connectivity index (χ1) is 10.1. The van der Waals surface area contributed by atoms with Crippen molar-refractivity contribution in [3.8, 4) is 0 Å². The van der Waals surface area contributed by atoms with Gasteiger partial charge in [0.2, 0.25) is 0 Å².